The molecule has 3 aromatic heterocycles. The maximum atomic E-state index is 8.93. The summed E-state index contributed by atoms with van der Waals surface area (Å²) in [6, 6.07) is 7.60. The molecule has 0 N–H and O–H groups in total. The number of hydrogen-bond acceptors (Lipinski definition) is 4. The molecule has 0 aromatic carbocycles. The molecule has 18 heavy (non-hydrogen) atoms. The number of rotatable bonds is 1. The summed E-state index contributed by atoms with van der Waals surface area (Å²) in [5.41, 5.74) is 1.31. The van der Waals surface area contributed by atoms with Crippen molar-refractivity contribution in [2.45, 2.75) is 0 Å². The van der Waals surface area contributed by atoms with Crippen molar-refractivity contribution in [1.82, 2.24) is 14.6 Å². The largest absolute Gasteiger partial charge is 0.280 e. The summed E-state index contributed by atoms with van der Waals surface area (Å²) in [6.45, 7) is 0. The Morgan fingerprint density at radius 2 is 2.11 bits per heavy atom. The van der Waals surface area contributed by atoms with E-state index in [0.717, 1.165) is 24.6 Å². The van der Waals surface area contributed by atoms with Crippen LogP contribution in [0.3, 0.4) is 0 Å². The van der Waals surface area contributed by atoms with Crippen molar-refractivity contribution in [1.29, 1.82) is 5.26 Å². The molecule has 3 aromatic rings. The Balaban J connectivity index is 2.26. The number of pyridine rings is 1. The zero-order chi connectivity index (χ0) is 12.7. The highest BCUT2D eigenvalue weighted by atomic mass is 79.9. The standard InChI is InChI=1S/C11H4Br2N4S/c12-7-3-8(18-10(7)13)11-16-15-9-2-1-6(4-14)5-17(9)11/h1-3,5H. The molecule has 0 atom stereocenters. The molecule has 0 amide bonds. The van der Waals surface area contributed by atoms with E-state index in [1.54, 1.807) is 29.7 Å². The molecule has 0 aliphatic rings. The molecular weight excluding hydrogens is 380 g/mol. The van der Waals surface area contributed by atoms with Gasteiger partial charge in [0.15, 0.2) is 11.5 Å². The molecule has 0 aliphatic heterocycles. The molecule has 88 valence electrons. The van der Waals surface area contributed by atoms with Gasteiger partial charge in [0.05, 0.1) is 14.2 Å². The molecule has 0 saturated heterocycles. The molecule has 3 rings (SSSR count). The summed E-state index contributed by atoms with van der Waals surface area (Å²) >= 11 is 8.47. The molecule has 3 heterocycles. The van der Waals surface area contributed by atoms with Gasteiger partial charge in [-0.05, 0) is 50.1 Å². The highest BCUT2D eigenvalue weighted by Gasteiger charge is 2.13. The average Bonchev–Trinajstić information content (AvgIpc) is 2.93. The summed E-state index contributed by atoms with van der Waals surface area (Å²) in [6.07, 6.45) is 1.74. The van der Waals surface area contributed by atoms with Crippen LogP contribution in [0.25, 0.3) is 16.3 Å². The van der Waals surface area contributed by atoms with Crippen LogP contribution in [0.2, 0.25) is 0 Å². The van der Waals surface area contributed by atoms with Crippen molar-refractivity contribution < 1.29 is 0 Å². The minimum absolute atomic E-state index is 0.582. The fourth-order valence-corrected chi connectivity index (χ4v) is 3.60. The molecule has 0 radical (unpaired) electrons. The lowest BCUT2D eigenvalue weighted by molar-refractivity contribution is 1.12. The number of hydrogen-bond donors (Lipinski definition) is 0. The van der Waals surface area contributed by atoms with E-state index in [0.29, 0.717) is 5.56 Å². The minimum atomic E-state index is 0.582. The van der Waals surface area contributed by atoms with Gasteiger partial charge in [0.1, 0.15) is 6.07 Å². The first-order valence-electron chi connectivity index (χ1n) is 4.89. The fourth-order valence-electron chi connectivity index (χ4n) is 1.58. The topological polar surface area (TPSA) is 54.0 Å². The van der Waals surface area contributed by atoms with Gasteiger partial charge >= 0.3 is 0 Å². The maximum absolute atomic E-state index is 8.93. The molecule has 0 aliphatic carbocycles. The van der Waals surface area contributed by atoms with Crippen LogP contribution in [-0.4, -0.2) is 14.6 Å². The quantitative estimate of drug-likeness (QED) is 0.641. The normalized spacial score (nSPS) is 10.7. The van der Waals surface area contributed by atoms with Crippen LogP contribution < -0.4 is 0 Å². The molecule has 0 bridgehead atoms. The molecule has 0 spiro atoms. The van der Waals surface area contributed by atoms with E-state index in [1.807, 2.05) is 10.5 Å². The average molecular weight is 384 g/mol. The van der Waals surface area contributed by atoms with Gasteiger partial charge in [-0.3, -0.25) is 4.40 Å². The zero-order valence-electron chi connectivity index (χ0n) is 8.76. The Kier molecular flexibility index (Phi) is 2.93. The van der Waals surface area contributed by atoms with E-state index in [2.05, 4.69) is 48.1 Å². The van der Waals surface area contributed by atoms with E-state index in [4.69, 9.17) is 5.26 Å². The monoisotopic (exact) mass is 382 g/mol. The van der Waals surface area contributed by atoms with Gasteiger partial charge in [-0.15, -0.1) is 21.5 Å². The summed E-state index contributed by atoms with van der Waals surface area (Å²) in [7, 11) is 0. The van der Waals surface area contributed by atoms with E-state index in [1.165, 1.54) is 0 Å². The van der Waals surface area contributed by atoms with Crippen LogP contribution in [0.5, 0.6) is 0 Å². The number of aromatic nitrogens is 3. The number of fused-ring (bicyclic) bond motifs is 1. The van der Waals surface area contributed by atoms with Crippen molar-refractivity contribution in [3.8, 4) is 16.8 Å². The van der Waals surface area contributed by atoms with Crippen LogP contribution in [0, 0.1) is 11.3 Å². The Morgan fingerprint density at radius 1 is 1.28 bits per heavy atom. The van der Waals surface area contributed by atoms with Crippen molar-refractivity contribution in [2.24, 2.45) is 0 Å². The number of halogens is 2. The molecule has 0 fully saturated rings. The van der Waals surface area contributed by atoms with Gasteiger partial charge in [0, 0.05) is 10.7 Å². The van der Waals surface area contributed by atoms with Crippen LogP contribution in [-0.2, 0) is 0 Å². The van der Waals surface area contributed by atoms with E-state index in [9.17, 15) is 0 Å². The summed E-state index contributed by atoms with van der Waals surface area (Å²) in [5.74, 6) is 0.735. The molecular formula is C11H4Br2N4S. The second kappa shape index (κ2) is 4.46. The second-order valence-corrected chi connectivity index (χ2v) is 6.74. The first kappa shape index (κ1) is 11.8. The number of thiophene rings is 1. The third-order valence-corrected chi connectivity index (χ3v) is 5.65. The zero-order valence-corrected chi connectivity index (χ0v) is 12.8. The Bertz CT molecular complexity index is 765. The Hall–Kier alpha value is -1.23. The first-order chi connectivity index (χ1) is 8.69. The highest BCUT2D eigenvalue weighted by Crippen LogP contribution is 2.37. The lowest BCUT2D eigenvalue weighted by Crippen LogP contribution is -1.88. The second-order valence-electron chi connectivity index (χ2n) is 3.51. The third kappa shape index (κ3) is 1.86. The third-order valence-electron chi connectivity index (χ3n) is 2.40. The Morgan fingerprint density at radius 3 is 2.78 bits per heavy atom. The number of nitriles is 1. The van der Waals surface area contributed by atoms with E-state index >= 15 is 0 Å². The molecule has 7 heteroatoms. The van der Waals surface area contributed by atoms with E-state index in [-0.39, 0.29) is 0 Å². The van der Waals surface area contributed by atoms with Crippen molar-refractivity contribution in [3.05, 3.63) is 38.2 Å². The minimum Gasteiger partial charge on any atom is -0.280 e. The van der Waals surface area contributed by atoms with Gasteiger partial charge in [0.2, 0.25) is 0 Å². The maximum Gasteiger partial charge on any atom is 0.178 e. The van der Waals surface area contributed by atoms with Crippen LogP contribution >= 0.6 is 43.2 Å². The highest BCUT2D eigenvalue weighted by molar-refractivity contribution is 9.13. The summed E-state index contributed by atoms with van der Waals surface area (Å²) in [5, 5.41) is 17.2. The van der Waals surface area contributed by atoms with Gasteiger partial charge in [-0.2, -0.15) is 5.26 Å². The Labute approximate surface area is 123 Å². The summed E-state index contributed by atoms with van der Waals surface area (Å²) < 4.78 is 3.81. The molecule has 0 unspecified atom stereocenters. The van der Waals surface area contributed by atoms with E-state index < -0.39 is 0 Å². The van der Waals surface area contributed by atoms with Crippen LogP contribution in [0.1, 0.15) is 5.56 Å². The van der Waals surface area contributed by atoms with Crippen molar-refractivity contribution >= 4 is 48.8 Å². The SMILES string of the molecule is N#Cc1ccc2nnc(-c3cc(Br)c(Br)s3)n2c1. The summed E-state index contributed by atoms with van der Waals surface area (Å²) in [4.78, 5) is 0.983. The van der Waals surface area contributed by atoms with Crippen molar-refractivity contribution in [3.63, 3.8) is 0 Å². The molecule has 4 nitrogen and oxygen atoms in total. The fraction of sp³-hybridized carbons (Fsp3) is 0. The predicted octanol–water partition coefficient (Wildman–Crippen LogP) is 3.85. The van der Waals surface area contributed by atoms with Crippen LogP contribution in [0.4, 0.5) is 0 Å². The smallest absolute Gasteiger partial charge is 0.178 e. The number of nitrogens with zero attached hydrogens (tertiary/aromatic N) is 4. The van der Waals surface area contributed by atoms with Crippen LogP contribution in [0.15, 0.2) is 32.7 Å². The lowest BCUT2D eigenvalue weighted by atomic mass is 10.3. The first-order valence-corrected chi connectivity index (χ1v) is 7.29. The molecule has 0 saturated carbocycles. The van der Waals surface area contributed by atoms with Gasteiger partial charge in [-0.1, -0.05) is 0 Å². The van der Waals surface area contributed by atoms with Crippen molar-refractivity contribution in [2.75, 3.05) is 0 Å². The van der Waals surface area contributed by atoms with Gasteiger partial charge in [-0.25, -0.2) is 0 Å². The van der Waals surface area contributed by atoms with Gasteiger partial charge < -0.3 is 0 Å². The van der Waals surface area contributed by atoms with Gasteiger partial charge in [0.25, 0.3) is 0 Å². The predicted molar refractivity (Wildman–Crippen MR) is 76.4 cm³/mol. The lowest BCUT2D eigenvalue weighted by Gasteiger charge is -1.96.